The Morgan fingerprint density at radius 2 is 2.11 bits per heavy atom. The summed E-state index contributed by atoms with van der Waals surface area (Å²) in [6.07, 6.45) is 0.891. The van der Waals surface area contributed by atoms with Crippen molar-refractivity contribution in [3.8, 4) is 0 Å². The summed E-state index contributed by atoms with van der Waals surface area (Å²) >= 11 is 6.58. The van der Waals surface area contributed by atoms with E-state index in [1.165, 1.54) is 6.26 Å². The molecular weight excluding hydrogens is 382 g/mol. The predicted octanol–water partition coefficient (Wildman–Crippen LogP) is 2.79. The molecular formula is C12H9Br2NO4. The topological polar surface area (TPSA) is 93.5 Å². The first-order chi connectivity index (χ1) is 8.90. The molecule has 1 atom stereocenters. The van der Waals surface area contributed by atoms with Crippen molar-refractivity contribution < 1.29 is 14.3 Å². The number of carboxylic acids is 1. The Kier molecular flexibility index (Phi) is 4.07. The van der Waals surface area contributed by atoms with Gasteiger partial charge in [0.15, 0.2) is 11.0 Å². The van der Waals surface area contributed by atoms with Crippen molar-refractivity contribution in [2.45, 2.75) is 12.5 Å². The fourth-order valence-corrected chi connectivity index (χ4v) is 3.05. The number of hydrogen-bond donors (Lipinski definition) is 2. The number of carboxylic acid groups (broad SMARTS) is 1. The lowest BCUT2D eigenvalue weighted by molar-refractivity contribution is -0.137. The highest BCUT2D eigenvalue weighted by Crippen LogP contribution is 2.27. The number of nitrogens with two attached hydrogens (primary N) is 1. The van der Waals surface area contributed by atoms with Crippen LogP contribution in [0.2, 0.25) is 0 Å². The zero-order valence-corrected chi connectivity index (χ0v) is 12.7. The highest BCUT2D eigenvalue weighted by Gasteiger charge is 2.18. The first-order valence-electron chi connectivity index (χ1n) is 5.28. The first-order valence-corrected chi connectivity index (χ1v) is 6.86. The van der Waals surface area contributed by atoms with E-state index >= 15 is 0 Å². The molecule has 0 aliphatic rings. The number of benzene rings is 1. The van der Waals surface area contributed by atoms with Gasteiger partial charge >= 0.3 is 5.97 Å². The summed E-state index contributed by atoms with van der Waals surface area (Å²) in [7, 11) is 0. The average Bonchev–Trinajstić information content (AvgIpc) is 2.29. The molecule has 2 rings (SSSR count). The summed E-state index contributed by atoms with van der Waals surface area (Å²) in [5.74, 6) is -1.07. The Balaban J connectivity index is 2.64. The van der Waals surface area contributed by atoms with Crippen LogP contribution in [0.15, 0.2) is 36.6 Å². The largest absolute Gasteiger partial charge is 0.481 e. The molecule has 3 N–H and O–H groups in total. The van der Waals surface area contributed by atoms with Crippen LogP contribution in [-0.2, 0) is 4.79 Å². The fraction of sp³-hybridized carbons (Fsp3) is 0.167. The van der Waals surface area contributed by atoms with Gasteiger partial charge in [-0.25, -0.2) is 0 Å². The number of hydrogen-bond acceptors (Lipinski definition) is 4. The standard InChI is InChI=1S/C12H9Br2NO4/c13-5-1-6-11(18)7(9(15)3-10(16)17)4-19-12(6)8(14)2-5/h1-2,4,9H,3,15H2,(H,16,17). The lowest BCUT2D eigenvalue weighted by atomic mass is 10.0. The van der Waals surface area contributed by atoms with E-state index in [0.717, 1.165) is 0 Å². The molecule has 1 unspecified atom stereocenters. The maximum Gasteiger partial charge on any atom is 0.305 e. The summed E-state index contributed by atoms with van der Waals surface area (Å²) in [6, 6.07) is 2.47. The van der Waals surface area contributed by atoms with Gasteiger partial charge in [-0.05, 0) is 28.1 Å². The lowest BCUT2D eigenvalue weighted by Crippen LogP contribution is -2.22. The predicted molar refractivity (Wildman–Crippen MR) is 77.1 cm³/mol. The van der Waals surface area contributed by atoms with Crippen molar-refractivity contribution in [3.05, 3.63) is 43.1 Å². The zero-order chi connectivity index (χ0) is 14.2. The molecule has 0 amide bonds. The minimum atomic E-state index is -1.07. The van der Waals surface area contributed by atoms with E-state index in [1.807, 2.05) is 0 Å². The van der Waals surface area contributed by atoms with Gasteiger partial charge in [-0.15, -0.1) is 0 Å². The molecule has 0 radical (unpaired) electrons. The van der Waals surface area contributed by atoms with Crippen LogP contribution < -0.4 is 11.2 Å². The second-order valence-corrected chi connectivity index (χ2v) is 5.76. The fourth-order valence-electron chi connectivity index (χ4n) is 1.73. The van der Waals surface area contributed by atoms with Gasteiger partial charge in [0.2, 0.25) is 0 Å². The SMILES string of the molecule is NC(CC(=O)O)c1coc2c(Br)cc(Br)cc2c1=O. The van der Waals surface area contributed by atoms with Crippen LogP contribution >= 0.6 is 31.9 Å². The number of aliphatic carboxylic acids is 1. The van der Waals surface area contributed by atoms with Gasteiger partial charge in [-0.2, -0.15) is 0 Å². The number of halogens is 2. The summed E-state index contributed by atoms with van der Waals surface area (Å²) in [6.45, 7) is 0. The molecule has 100 valence electrons. The minimum Gasteiger partial charge on any atom is -0.481 e. The first kappa shape index (κ1) is 14.2. The lowest BCUT2D eigenvalue weighted by Gasteiger charge is -2.09. The quantitative estimate of drug-likeness (QED) is 0.840. The van der Waals surface area contributed by atoms with Crippen LogP contribution in [0.25, 0.3) is 11.0 Å². The van der Waals surface area contributed by atoms with Crippen LogP contribution in [-0.4, -0.2) is 11.1 Å². The van der Waals surface area contributed by atoms with Crippen molar-refractivity contribution in [2.75, 3.05) is 0 Å². The van der Waals surface area contributed by atoms with Crippen LogP contribution in [0.5, 0.6) is 0 Å². The van der Waals surface area contributed by atoms with Crippen molar-refractivity contribution in [3.63, 3.8) is 0 Å². The maximum absolute atomic E-state index is 12.3. The van der Waals surface area contributed by atoms with Crippen LogP contribution in [0.4, 0.5) is 0 Å². The molecule has 0 aliphatic carbocycles. The third kappa shape index (κ3) is 2.88. The minimum absolute atomic E-state index is 0.153. The van der Waals surface area contributed by atoms with Gasteiger partial charge in [-0.3, -0.25) is 9.59 Å². The zero-order valence-electron chi connectivity index (χ0n) is 9.52. The van der Waals surface area contributed by atoms with E-state index in [4.69, 9.17) is 15.3 Å². The summed E-state index contributed by atoms with van der Waals surface area (Å²) in [4.78, 5) is 22.9. The van der Waals surface area contributed by atoms with Crippen molar-refractivity contribution in [1.82, 2.24) is 0 Å². The Labute approximate surface area is 124 Å². The molecule has 0 aliphatic heterocycles. The Bertz CT molecular complexity index is 711. The molecule has 19 heavy (non-hydrogen) atoms. The van der Waals surface area contributed by atoms with Crippen LogP contribution in [0.1, 0.15) is 18.0 Å². The van der Waals surface area contributed by atoms with Crippen molar-refractivity contribution in [2.24, 2.45) is 5.73 Å². The van der Waals surface area contributed by atoms with Gasteiger partial charge in [0.05, 0.1) is 28.1 Å². The molecule has 7 heteroatoms. The summed E-state index contributed by atoms with van der Waals surface area (Å²) in [5, 5.41) is 9.06. The average molecular weight is 391 g/mol. The molecule has 5 nitrogen and oxygen atoms in total. The number of rotatable bonds is 3. The van der Waals surface area contributed by atoms with Gasteiger partial charge in [0.25, 0.3) is 0 Å². The van der Waals surface area contributed by atoms with Crippen molar-refractivity contribution >= 4 is 48.8 Å². The van der Waals surface area contributed by atoms with Gasteiger partial charge in [-0.1, -0.05) is 15.9 Å². The smallest absolute Gasteiger partial charge is 0.305 e. The van der Waals surface area contributed by atoms with Crippen LogP contribution in [0, 0.1) is 0 Å². The maximum atomic E-state index is 12.3. The van der Waals surface area contributed by atoms with E-state index in [1.54, 1.807) is 12.1 Å². The third-order valence-corrected chi connectivity index (χ3v) is 3.66. The van der Waals surface area contributed by atoms with Gasteiger partial charge < -0.3 is 15.3 Å². The second-order valence-electron chi connectivity index (χ2n) is 3.99. The molecule has 0 spiro atoms. The molecule has 0 fully saturated rings. The highest BCUT2D eigenvalue weighted by molar-refractivity contribution is 9.11. The summed E-state index contributed by atoms with van der Waals surface area (Å²) in [5.41, 5.74) is 5.93. The van der Waals surface area contributed by atoms with E-state index < -0.39 is 12.0 Å². The molecule has 2 aromatic rings. The number of carbonyl (C=O) groups is 1. The van der Waals surface area contributed by atoms with E-state index in [2.05, 4.69) is 31.9 Å². The third-order valence-electron chi connectivity index (χ3n) is 2.61. The van der Waals surface area contributed by atoms with Crippen LogP contribution in [0.3, 0.4) is 0 Å². The molecule has 0 saturated heterocycles. The second kappa shape index (κ2) is 5.44. The molecule has 0 bridgehead atoms. The van der Waals surface area contributed by atoms with E-state index in [0.29, 0.717) is 19.9 Å². The highest BCUT2D eigenvalue weighted by atomic mass is 79.9. The Morgan fingerprint density at radius 3 is 2.74 bits per heavy atom. The summed E-state index contributed by atoms with van der Waals surface area (Å²) < 4.78 is 6.71. The Morgan fingerprint density at radius 1 is 1.42 bits per heavy atom. The normalized spacial score (nSPS) is 12.6. The molecule has 1 heterocycles. The van der Waals surface area contributed by atoms with Gasteiger partial charge in [0, 0.05) is 10.5 Å². The molecule has 1 aromatic heterocycles. The Hall–Kier alpha value is -1.18. The monoisotopic (exact) mass is 389 g/mol. The van der Waals surface area contributed by atoms with E-state index in [9.17, 15) is 9.59 Å². The van der Waals surface area contributed by atoms with Gasteiger partial charge in [0.1, 0.15) is 0 Å². The van der Waals surface area contributed by atoms with Crippen molar-refractivity contribution in [1.29, 1.82) is 0 Å². The molecule has 0 saturated carbocycles. The number of fused-ring (bicyclic) bond motifs is 1. The van der Waals surface area contributed by atoms with E-state index in [-0.39, 0.29) is 17.4 Å². The molecule has 1 aromatic carbocycles.